The maximum Gasteiger partial charge on any atom is 0.315 e. The number of halogens is 1. The first-order valence-corrected chi connectivity index (χ1v) is 7.83. The Labute approximate surface area is 135 Å². The second kappa shape index (κ2) is 7.93. The molecular weight excluding hydrogens is 297 g/mol. The predicted molar refractivity (Wildman–Crippen MR) is 84.0 cm³/mol. The van der Waals surface area contributed by atoms with Gasteiger partial charge in [-0.2, -0.15) is 5.26 Å². The Morgan fingerprint density at radius 2 is 2.26 bits per heavy atom. The Balaban J connectivity index is 1.81. The zero-order valence-electron chi connectivity index (χ0n) is 13.4. The number of hydrogen-bond donors (Lipinski definition) is 2. The van der Waals surface area contributed by atoms with Crippen LogP contribution in [0, 0.1) is 29.0 Å². The van der Waals surface area contributed by atoms with E-state index >= 15 is 0 Å². The van der Waals surface area contributed by atoms with E-state index in [0.29, 0.717) is 29.5 Å². The van der Waals surface area contributed by atoms with Crippen LogP contribution in [0.3, 0.4) is 0 Å². The second-order valence-electron chi connectivity index (χ2n) is 6.11. The molecule has 0 unspecified atom stereocenters. The zero-order chi connectivity index (χ0) is 16.8. The molecule has 1 aliphatic heterocycles. The van der Waals surface area contributed by atoms with Crippen molar-refractivity contribution in [1.82, 2.24) is 10.6 Å². The van der Waals surface area contributed by atoms with Gasteiger partial charge in [0.05, 0.1) is 17.7 Å². The summed E-state index contributed by atoms with van der Waals surface area (Å²) in [5, 5.41) is 14.3. The van der Waals surface area contributed by atoms with Gasteiger partial charge in [-0.3, -0.25) is 0 Å². The lowest BCUT2D eigenvalue weighted by Gasteiger charge is -2.22. The minimum atomic E-state index is -0.437. The third-order valence-electron chi connectivity index (χ3n) is 4.06. The fourth-order valence-electron chi connectivity index (χ4n) is 2.85. The van der Waals surface area contributed by atoms with E-state index in [2.05, 4.69) is 24.5 Å². The second-order valence-corrected chi connectivity index (χ2v) is 6.11. The highest BCUT2D eigenvalue weighted by molar-refractivity contribution is 5.73. The predicted octanol–water partition coefficient (Wildman–Crippen LogP) is 2.56. The number of ether oxygens (including phenoxy) is 1. The third-order valence-corrected chi connectivity index (χ3v) is 4.06. The van der Waals surface area contributed by atoms with Gasteiger partial charge in [0, 0.05) is 31.2 Å². The molecule has 0 radical (unpaired) electrons. The number of nitrogens with zero attached hydrogens (tertiary/aromatic N) is 1. The zero-order valence-corrected chi connectivity index (χ0v) is 13.4. The average molecular weight is 319 g/mol. The highest BCUT2D eigenvalue weighted by atomic mass is 19.1. The first-order valence-electron chi connectivity index (χ1n) is 7.83. The number of nitriles is 1. The molecule has 6 heteroatoms. The molecule has 2 rings (SSSR count). The van der Waals surface area contributed by atoms with Gasteiger partial charge in [-0.15, -0.1) is 0 Å². The lowest BCUT2D eigenvalue weighted by Crippen LogP contribution is -2.40. The summed E-state index contributed by atoms with van der Waals surface area (Å²) in [5.41, 5.74) is 0.662. The van der Waals surface area contributed by atoms with E-state index in [1.807, 2.05) is 6.07 Å². The molecule has 0 saturated carbocycles. The van der Waals surface area contributed by atoms with E-state index in [1.54, 1.807) is 0 Å². The van der Waals surface area contributed by atoms with Crippen molar-refractivity contribution in [2.45, 2.75) is 32.9 Å². The molecule has 0 spiro atoms. The molecule has 0 bridgehead atoms. The van der Waals surface area contributed by atoms with Crippen LogP contribution in [0.2, 0.25) is 0 Å². The van der Waals surface area contributed by atoms with Gasteiger partial charge in [-0.1, -0.05) is 13.8 Å². The van der Waals surface area contributed by atoms with Crippen molar-refractivity contribution in [2.24, 2.45) is 11.8 Å². The van der Waals surface area contributed by atoms with Gasteiger partial charge in [0.2, 0.25) is 0 Å². The van der Waals surface area contributed by atoms with Crippen LogP contribution in [0.4, 0.5) is 9.18 Å². The summed E-state index contributed by atoms with van der Waals surface area (Å²) in [6.07, 6.45) is 1.10. The van der Waals surface area contributed by atoms with Gasteiger partial charge in [-0.25, -0.2) is 9.18 Å². The summed E-state index contributed by atoms with van der Waals surface area (Å²) < 4.78 is 19.3. The third kappa shape index (κ3) is 4.67. The summed E-state index contributed by atoms with van der Waals surface area (Å²) in [6.45, 7) is 5.52. The highest BCUT2D eigenvalue weighted by Crippen LogP contribution is 2.26. The number of hydrogen-bond acceptors (Lipinski definition) is 3. The molecule has 1 fully saturated rings. The summed E-state index contributed by atoms with van der Waals surface area (Å²) in [4.78, 5) is 11.9. The number of amides is 2. The van der Waals surface area contributed by atoms with Crippen molar-refractivity contribution >= 4 is 6.03 Å². The Kier molecular flexibility index (Phi) is 5.94. The SMILES string of the molecule is CC(C)[C@@H]1OCC[C@H]1CNC(=O)NCc1cc(C#N)ccc1F. The number of carbonyl (C=O) groups is 1. The van der Waals surface area contributed by atoms with E-state index in [1.165, 1.54) is 18.2 Å². The van der Waals surface area contributed by atoms with Gasteiger partial charge in [0.1, 0.15) is 5.82 Å². The fraction of sp³-hybridized carbons (Fsp3) is 0.529. The molecular formula is C17H22FN3O2. The summed E-state index contributed by atoms with van der Waals surface area (Å²) in [7, 11) is 0. The minimum absolute atomic E-state index is 0.0436. The van der Waals surface area contributed by atoms with Crippen LogP contribution in [0.5, 0.6) is 0 Å². The largest absolute Gasteiger partial charge is 0.378 e. The van der Waals surface area contributed by atoms with Gasteiger partial charge >= 0.3 is 6.03 Å². The molecule has 124 valence electrons. The van der Waals surface area contributed by atoms with Gasteiger partial charge in [-0.05, 0) is 30.5 Å². The van der Waals surface area contributed by atoms with Gasteiger partial charge < -0.3 is 15.4 Å². The maximum absolute atomic E-state index is 13.6. The number of carbonyl (C=O) groups excluding carboxylic acids is 1. The first-order chi connectivity index (χ1) is 11.0. The van der Waals surface area contributed by atoms with Crippen LogP contribution in [0.1, 0.15) is 31.4 Å². The first kappa shape index (κ1) is 17.2. The van der Waals surface area contributed by atoms with Crippen LogP contribution in [0.25, 0.3) is 0 Å². The van der Waals surface area contributed by atoms with Crippen LogP contribution >= 0.6 is 0 Å². The molecule has 2 atom stereocenters. The van der Waals surface area contributed by atoms with Crippen LogP contribution < -0.4 is 10.6 Å². The molecule has 5 nitrogen and oxygen atoms in total. The summed E-state index contributed by atoms with van der Waals surface area (Å²) in [6, 6.07) is 5.69. The quantitative estimate of drug-likeness (QED) is 0.876. The van der Waals surface area contributed by atoms with Gasteiger partial charge in [0.15, 0.2) is 0 Å². The van der Waals surface area contributed by atoms with E-state index in [0.717, 1.165) is 13.0 Å². The van der Waals surface area contributed by atoms with Crippen LogP contribution in [-0.2, 0) is 11.3 Å². The Bertz CT molecular complexity index is 598. The number of rotatable bonds is 5. The van der Waals surface area contributed by atoms with Crippen LogP contribution in [0.15, 0.2) is 18.2 Å². The topological polar surface area (TPSA) is 74.2 Å². The van der Waals surface area contributed by atoms with E-state index < -0.39 is 5.82 Å². The number of nitrogens with one attached hydrogen (secondary N) is 2. The van der Waals surface area contributed by atoms with E-state index in [9.17, 15) is 9.18 Å². The molecule has 1 aliphatic rings. The monoisotopic (exact) mass is 319 g/mol. The standard InChI is InChI=1S/C17H22FN3O2/c1-11(2)16-13(5-6-23-16)9-20-17(22)21-10-14-7-12(8-19)3-4-15(14)18/h3-4,7,11,13,16H,5-6,9-10H2,1-2H3,(H2,20,21,22)/t13-,16-/m0/s1. The molecule has 2 amide bonds. The van der Waals surface area contributed by atoms with Crippen molar-refractivity contribution in [1.29, 1.82) is 5.26 Å². The van der Waals surface area contributed by atoms with Gasteiger partial charge in [0.25, 0.3) is 0 Å². The molecule has 1 aromatic rings. The minimum Gasteiger partial charge on any atom is -0.378 e. The number of benzene rings is 1. The summed E-state index contributed by atoms with van der Waals surface area (Å²) >= 11 is 0. The molecule has 23 heavy (non-hydrogen) atoms. The molecule has 0 aliphatic carbocycles. The normalized spacial score (nSPS) is 20.3. The van der Waals surface area contributed by atoms with Crippen molar-refractivity contribution in [3.05, 3.63) is 35.1 Å². The molecule has 1 heterocycles. The van der Waals surface area contributed by atoms with Crippen molar-refractivity contribution < 1.29 is 13.9 Å². The Hall–Kier alpha value is -2.13. The van der Waals surface area contributed by atoms with Crippen molar-refractivity contribution in [3.8, 4) is 6.07 Å². The fourth-order valence-corrected chi connectivity index (χ4v) is 2.85. The summed E-state index contributed by atoms with van der Waals surface area (Å²) in [5.74, 6) is 0.281. The molecule has 0 aromatic heterocycles. The van der Waals surface area contributed by atoms with E-state index in [-0.39, 0.29) is 18.7 Å². The maximum atomic E-state index is 13.6. The molecule has 1 saturated heterocycles. The Morgan fingerprint density at radius 1 is 1.48 bits per heavy atom. The lowest BCUT2D eigenvalue weighted by molar-refractivity contribution is 0.0545. The average Bonchev–Trinajstić information content (AvgIpc) is 3.01. The Morgan fingerprint density at radius 3 is 2.96 bits per heavy atom. The van der Waals surface area contributed by atoms with E-state index in [4.69, 9.17) is 10.00 Å². The highest BCUT2D eigenvalue weighted by Gasteiger charge is 2.30. The molecule has 1 aromatic carbocycles. The molecule has 2 N–H and O–H groups in total. The van der Waals surface area contributed by atoms with Crippen LogP contribution in [-0.4, -0.2) is 25.3 Å². The van der Waals surface area contributed by atoms with Crippen molar-refractivity contribution in [2.75, 3.05) is 13.2 Å². The van der Waals surface area contributed by atoms with Crippen molar-refractivity contribution in [3.63, 3.8) is 0 Å². The number of urea groups is 1. The smallest absolute Gasteiger partial charge is 0.315 e. The lowest BCUT2D eigenvalue weighted by atomic mass is 9.93.